The van der Waals surface area contributed by atoms with E-state index in [4.69, 9.17) is 15.5 Å². The summed E-state index contributed by atoms with van der Waals surface area (Å²) in [6.45, 7) is 7.33. The number of nitrogens with two attached hydrogens (primary N) is 1. The van der Waals surface area contributed by atoms with Gasteiger partial charge >= 0.3 is 6.18 Å². The van der Waals surface area contributed by atoms with Gasteiger partial charge in [-0.15, -0.1) is 0 Å². The van der Waals surface area contributed by atoms with E-state index in [1.807, 2.05) is 6.92 Å². The number of alkyl halides is 3. The third kappa shape index (κ3) is 3.24. The number of hydrogen-bond donors (Lipinski definition) is 2. The minimum atomic E-state index is -4.79. The molecule has 2 bridgehead atoms. The van der Waals surface area contributed by atoms with Crippen LogP contribution in [0.5, 0.6) is 5.88 Å². The molecular weight excluding hydrogens is 476 g/mol. The fourth-order valence-electron chi connectivity index (χ4n) is 6.15. The lowest BCUT2D eigenvalue weighted by atomic mass is 9.98. The lowest BCUT2D eigenvalue weighted by Gasteiger charge is -2.43. The van der Waals surface area contributed by atoms with Crippen molar-refractivity contribution >= 4 is 22.4 Å². The minimum Gasteiger partial charge on any atom is -0.472 e. The lowest BCUT2D eigenvalue weighted by Crippen LogP contribution is -2.62. The molecule has 4 atom stereocenters. The second-order valence-electron chi connectivity index (χ2n) is 10.1. The molecular formula is C25H26F4N6O. The summed E-state index contributed by atoms with van der Waals surface area (Å²) in [7, 11) is 0. The molecule has 3 N–H and O–H groups in total. The van der Waals surface area contributed by atoms with Gasteiger partial charge in [-0.05, 0) is 57.7 Å². The second kappa shape index (κ2) is 7.64. The average molecular weight is 503 g/mol. The number of nitrogens with one attached hydrogen (secondary N) is 1. The SMILES string of the molecule is Cc1cc(N)nc(-c2nc3c4c(nc(C)c(C)c4c2F)N2C[C@H]4CC[C@H](N4)[C@H]2[C@H](C)O3)c1C(F)(F)F. The highest BCUT2D eigenvalue weighted by atomic mass is 19.4. The second-order valence-corrected chi connectivity index (χ2v) is 10.1. The molecule has 0 radical (unpaired) electrons. The summed E-state index contributed by atoms with van der Waals surface area (Å²) in [4.78, 5) is 15.3. The molecule has 0 amide bonds. The number of anilines is 2. The molecule has 11 heteroatoms. The van der Waals surface area contributed by atoms with Crippen LogP contribution in [0.3, 0.4) is 0 Å². The number of pyridine rings is 3. The van der Waals surface area contributed by atoms with Crippen molar-refractivity contribution in [3.05, 3.63) is 34.3 Å². The fourth-order valence-corrected chi connectivity index (χ4v) is 6.15. The first-order valence-electron chi connectivity index (χ1n) is 12.0. The van der Waals surface area contributed by atoms with Gasteiger partial charge < -0.3 is 20.7 Å². The molecule has 0 aromatic carbocycles. The van der Waals surface area contributed by atoms with Crippen LogP contribution in [0.2, 0.25) is 0 Å². The molecule has 2 fully saturated rings. The Morgan fingerprint density at radius 3 is 2.56 bits per heavy atom. The monoisotopic (exact) mass is 502 g/mol. The Bertz CT molecular complexity index is 1420. The zero-order valence-electron chi connectivity index (χ0n) is 20.3. The van der Waals surface area contributed by atoms with E-state index >= 15 is 4.39 Å². The zero-order valence-corrected chi connectivity index (χ0v) is 20.3. The number of rotatable bonds is 1. The Balaban J connectivity index is 1.69. The number of ether oxygens (including phenoxy) is 1. The van der Waals surface area contributed by atoms with Gasteiger partial charge in [0, 0.05) is 29.7 Å². The highest BCUT2D eigenvalue weighted by Crippen LogP contribution is 2.47. The molecule has 6 heterocycles. The van der Waals surface area contributed by atoms with Gasteiger partial charge in [-0.3, -0.25) is 0 Å². The van der Waals surface area contributed by atoms with Gasteiger partial charge in [0.05, 0.1) is 17.0 Å². The van der Waals surface area contributed by atoms with Crippen molar-refractivity contribution in [2.45, 2.75) is 70.9 Å². The molecule has 3 aromatic heterocycles. The third-order valence-corrected chi connectivity index (χ3v) is 7.78. The predicted molar refractivity (Wildman–Crippen MR) is 128 cm³/mol. The molecule has 0 spiro atoms. The Hall–Kier alpha value is -3.21. The predicted octanol–water partition coefficient (Wildman–Crippen LogP) is 4.45. The molecule has 3 aromatic rings. The van der Waals surface area contributed by atoms with Crippen molar-refractivity contribution in [1.82, 2.24) is 20.3 Å². The summed E-state index contributed by atoms with van der Waals surface area (Å²) in [6.07, 6.45) is -3.16. The van der Waals surface area contributed by atoms with Crippen LogP contribution >= 0.6 is 0 Å². The first-order chi connectivity index (χ1) is 17.0. The molecule has 3 aliphatic heterocycles. The maximum absolute atomic E-state index is 16.3. The normalized spacial score (nSPS) is 25.1. The number of fused-ring (bicyclic) bond motifs is 5. The third-order valence-electron chi connectivity index (χ3n) is 7.78. The molecule has 190 valence electrons. The lowest BCUT2D eigenvalue weighted by molar-refractivity contribution is -0.137. The number of hydrogen-bond acceptors (Lipinski definition) is 7. The topological polar surface area (TPSA) is 89.2 Å². The molecule has 36 heavy (non-hydrogen) atoms. The zero-order chi connectivity index (χ0) is 25.7. The van der Waals surface area contributed by atoms with Crippen LogP contribution in [0.25, 0.3) is 22.2 Å². The molecule has 0 saturated carbocycles. The fraction of sp³-hybridized carbons (Fsp3) is 0.480. The van der Waals surface area contributed by atoms with E-state index in [0.29, 0.717) is 29.0 Å². The first kappa shape index (κ1) is 23.2. The van der Waals surface area contributed by atoms with Crippen LogP contribution in [0.1, 0.15) is 42.1 Å². The smallest absolute Gasteiger partial charge is 0.418 e. The number of halogens is 4. The highest BCUT2D eigenvalue weighted by Gasteiger charge is 2.47. The Labute approximate surface area is 205 Å². The van der Waals surface area contributed by atoms with Crippen molar-refractivity contribution in [3.63, 3.8) is 0 Å². The summed E-state index contributed by atoms with van der Waals surface area (Å²) in [5.41, 5.74) is 4.50. The van der Waals surface area contributed by atoms with Gasteiger partial charge in [-0.1, -0.05) is 0 Å². The number of piperazine rings is 1. The minimum absolute atomic E-state index is 0.0553. The van der Waals surface area contributed by atoms with Gasteiger partial charge in [0.15, 0.2) is 5.82 Å². The quantitative estimate of drug-likeness (QED) is 0.476. The van der Waals surface area contributed by atoms with E-state index in [0.717, 1.165) is 18.9 Å². The number of aromatic nitrogens is 3. The van der Waals surface area contributed by atoms with Crippen LogP contribution < -0.4 is 20.7 Å². The largest absolute Gasteiger partial charge is 0.472 e. The number of nitrogens with zero attached hydrogens (tertiary/aromatic N) is 4. The van der Waals surface area contributed by atoms with Crippen LogP contribution in [-0.2, 0) is 6.18 Å². The van der Waals surface area contributed by atoms with Gasteiger partial charge in [0.2, 0.25) is 5.88 Å². The molecule has 0 aliphatic carbocycles. The summed E-state index contributed by atoms with van der Waals surface area (Å²) in [5, 5.41) is 4.15. The summed E-state index contributed by atoms with van der Waals surface area (Å²) in [5.74, 6) is -0.436. The molecule has 3 aliphatic rings. The van der Waals surface area contributed by atoms with Crippen molar-refractivity contribution in [2.75, 3.05) is 17.2 Å². The van der Waals surface area contributed by atoms with E-state index in [2.05, 4.69) is 20.2 Å². The Morgan fingerprint density at radius 2 is 1.83 bits per heavy atom. The number of aryl methyl sites for hydroxylation is 3. The van der Waals surface area contributed by atoms with Crippen LogP contribution in [-0.4, -0.2) is 45.7 Å². The van der Waals surface area contributed by atoms with Gasteiger partial charge in [-0.2, -0.15) is 13.2 Å². The van der Waals surface area contributed by atoms with E-state index in [1.165, 1.54) is 6.92 Å². The molecule has 7 nitrogen and oxygen atoms in total. The summed E-state index contributed by atoms with van der Waals surface area (Å²) in [6, 6.07) is 1.48. The van der Waals surface area contributed by atoms with E-state index < -0.39 is 28.9 Å². The van der Waals surface area contributed by atoms with E-state index in [1.54, 1.807) is 13.8 Å². The molecule has 6 rings (SSSR count). The van der Waals surface area contributed by atoms with Crippen molar-refractivity contribution in [2.24, 2.45) is 0 Å². The maximum atomic E-state index is 16.3. The van der Waals surface area contributed by atoms with Crippen molar-refractivity contribution in [3.8, 4) is 17.3 Å². The summed E-state index contributed by atoms with van der Waals surface area (Å²) < 4.78 is 65.0. The van der Waals surface area contributed by atoms with Gasteiger partial charge in [0.1, 0.15) is 29.1 Å². The van der Waals surface area contributed by atoms with E-state index in [9.17, 15) is 13.2 Å². The maximum Gasteiger partial charge on any atom is 0.418 e. The highest BCUT2D eigenvalue weighted by molar-refractivity contribution is 6.01. The number of nitrogen functional groups attached to an aromatic ring is 1. The van der Waals surface area contributed by atoms with Crippen LogP contribution in [0, 0.1) is 26.6 Å². The van der Waals surface area contributed by atoms with Crippen molar-refractivity contribution in [1.29, 1.82) is 0 Å². The molecule has 2 saturated heterocycles. The van der Waals surface area contributed by atoms with E-state index in [-0.39, 0.29) is 46.9 Å². The average Bonchev–Trinajstić information content (AvgIpc) is 3.10. The van der Waals surface area contributed by atoms with Gasteiger partial charge in [-0.25, -0.2) is 19.3 Å². The Morgan fingerprint density at radius 1 is 1.08 bits per heavy atom. The van der Waals surface area contributed by atoms with Gasteiger partial charge in [0.25, 0.3) is 0 Å². The van der Waals surface area contributed by atoms with Crippen molar-refractivity contribution < 1.29 is 22.3 Å². The summed E-state index contributed by atoms with van der Waals surface area (Å²) >= 11 is 0. The molecule has 0 unspecified atom stereocenters. The van der Waals surface area contributed by atoms with Crippen LogP contribution in [0.4, 0.5) is 29.2 Å². The van der Waals surface area contributed by atoms with Crippen LogP contribution in [0.15, 0.2) is 6.07 Å². The first-order valence-corrected chi connectivity index (χ1v) is 12.0. The standard InChI is InChI=1S/C25H26F4N6O/c1-9-7-15(30)33-20(18(9)25(27,28)29)21-19(26)16-10(2)11(3)31-23-17(16)24(34-21)36-12(4)22-14-6-5-13(32-14)8-35(22)23/h7,12-14,22,32H,5-6,8H2,1-4H3,(H2,30,33)/t12-,13+,14-,22+/m0/s1. The Kier molecular flexibility index (Phi) is 4.93.